The number of phenolic OH excluding ortho intramolecular Hbond substituents is 1. The molecule has 9 heteroatoms. The van der Waals surface area contributed by atoms with Gasteiger partial charge in [-0.15, -0.1) is 0 Å². The molecule has 0 amide bonds. The van der Waals surface area contributed by atoms with Gasteiger partial charge in [0, 0.05) is 6.07 Å². The first-order chi connectivity index (χ1) is 12.7. The number of methoxy groups -OCH3 is 1. The topological polar surface area (TPSA) is 103 Å². The van der Waals surface area contributed by atoms with Gasteiger partial charge in [0.25, 0.3) is 0 Å². The number of oxazole rings is 1. The maximum atomic E-state index is 13.8. The number of aromatic hydroxyl groups is 1. The van der Waals surface area contributed by atoms with Crippen molar-refractivity contribution in [2.24, 2.45) is 0 Å². The summed E-state index contributed by atoms with van der Waals surface area (Å²) in [6.07, 6.45) is 2.56. The van der Waals surface area contributed by atoms with Crippen molar-refractivity contribution in [1.29, 1.82) is 0 Å². The first kappa shape index (κ1) is 21.1. The van der Waals surface area contributed by atoms with Gasteiger partial charge < -0.3 is 18.8 Å². The fraction of sp³-hybridized carbons (Fsp3) is 0.500. The number of rotatable bonds is 9. The fourth-order valence-electron chi connectivity index (χ4n) is 2.44. The highest BCUT2D eigenvalue weighted by atomic mass is 31.2. The first-order valence-electron chi connectivity index (χ1n) is 8.72. The number of benzene rings is 1. The summed E-state index contributed by atoms with van der Waals surface area (Å²) >= 11 is 0. The van der Waals surface area contributed by atoms with Crippen LogP contribution < -0.4 is 14.7 Å². The van der Waals surface area contributed by atoms with Crippen LogP contribution in [0.5, 0.6) is 17.2 Å². The zero-order valence-electron chi connectivity index (χ0n) is 16.5. The number of aryl methyl sites for hydroxylation is 2. The third-order valence-corrected chi connectivity index (χ3v) is 7.48. The van der Waals surface area contributed by atoms with Crippen molar-refractivity contribution in [2.75, 3.05) is 12.6 Å². The molecular weight excluding hydrogens is 371 g/mol. The van der Waals surface area contributed by atoms with E-state index in [0.717, 1.165) is 0 Å². The summed E-state index contributed by atoms with van der Waals surface area (Å²) in [5, 5.41) is 9.25. The van der Waals surface area contributed by atoms with E-state index in [4.69, 9.17) is 18.3 Å². The molecule has 1 aromatic carbocycles. The minimum absolute atomic E-state index is 0.00253. The van der Waals surface area contributed by atoms with Gasteiger partial charge in [-0.05, 0) is 45.2 Å². The standard InChI is InChI=1S/C18H27N2O6P/c1-7-18(5,8-2)27(22,26-20-17-19-13(4)11-24-17)25-14-9-12(3)16(21)15(10-14)23-6/h9-11,21H,7-8H2,1-6H3,(H,19,20). The van der Waals surface area contributed by atoms with Crippen LogP contribution in [-0.2, 0) is 9.19 Å². The number of nitrogens with one attached hydrogen (secondary N) is 1. The summed E-state index contributed by atoms with van der Waals surface area (Å²) in [5.74, 6) is 0.495. The quantitative estimate of drug-likeness (QED) is 0.439. The van der Waals surface area contributed by atoms with E-state index in [9.17, 15) is 9.67 Å². The molecule has 1 unspecified atom stereocenters. The second kappa shape index (κ2) is 8.23. The predicted octanol–water partition coefficient (Wildman–Crippen LogP) is 5.20. The minimum Gasteiger partial charge on any atom is -0.504 e. The highest BCUT2D eigenvalue weighted by molar-refractivity contribution is 7.56. The van der Waals surface area contributed by atoms with Crippen molar-refractivity contribution in [1.82, 2.24) is 4.98 Å². The van der Waals surface area contributed by atoms with Gasteiger partial charge in [-0.1, -0.05) is 13.8 Å². The van der Waals surface area contributed by atoms with Gasteiger partial charge in [-0.25, -0.2) is 10.0 Å². The van der Waals surface area contributed by atoms with Gasteiger partial charge in [0.15, 0.2) is 11.5 Å². The number of ether oxygens (including phenoxy) is 1. The summed E-state index contributed by atoms with van der Waals surface area (Å²) in [7, 11) is -2.30. The van der Waals surface area contributed by atoms with E-state index in [2.05, 4.69) is 10.5 Å². The summed E-state index contributed by atoms with van der Waals surface area (Å²) in [6.45, 7) is 9.13. The molecular formula is C18H27N2O6P. The van der Waals surface area contributed by atoms with Crippen molar-refractivity contribution in [3.05, 3.63) is 29.7 Å². The second-order valence-electron chi connectivity index (χ2n) is 6.57. The predicted molar refractivity (Wildman–Crippen MR) is 103 cm³/mol. The number of hydrogen-bond donors (Lipinski definition) is 2. The molecule has 0 saturated carbocycles. The molecule has 0 bridgehead atoms. The Kier molecular flexibility index (Phi) is 6.44. The molecule has 0 spiro atoms. The Balaban J connectivity index is 2.38. The molecule has 0 fully saturated rings. The first-order valence-corrected chi connectivity index (χ1v) is 10.3. The van der Waals surface area contributed by atoms with Gasteiger partial charge >= 0.3 is 13.6 Å². The van der Waals surface area contributed by atoms with Crippen LogP contribution in [0.1, 0.15) is 44.9 Å². The van der Waals surface area contributed by atoms with E-state index in [0.29, 0.717) is 24.1 Å². The van der Waals surface area contributed by atoms with Crippen LogP contribution in [0.25, 0.3) is 0 Å². The van der Waals surface area contributed by atoms with E-state index in [1.165, 1.54) is 19.4 Å². The number of nitrogens with zero attached hydrogens (tertiary/aromatic N) is 1. The Morgan fingerprint density at radius 3 is 2.48 bits per heavy atom. The van der Waals surface area contributed by atoms with Crippen molar-refractivity contribution in [3.63, 3.8) is 0 Å². The molecule has 150 valence electrons. The second-order valence-corrected chi connectivity index (χ2v) is 9.01. The summed E-state index contributed by atoms with van der Waals surface area (Å²) < 4.78 is 35.5. The van der Waals surface area contributed by atoms with Crippen LogP contribution in [0.3, 0.4) is 0 Å². The Bertz CT molecular complexity index is 831. The Morgan fingerprint density at radius 1 is 1.30 bits per heavy atom. The smallest absolute Gasteiger partial charge is 0.406 e. The largest absolute Gasteiger partial charge is 0.504 e. The zero-order chi connectivity index (χ0) is 20.2. The maximum Gasteiger partial charge on any atom is 0.406 e. The third kappa shape index (κ3) is 4.39. The SMILES string of the molecule is CCC(C)(CC)P(=O)(ONc1nc(C)co1)Oc1cc(C)c(O)c(OC)c1. The molecule has 2 aromatic rings. The maximum absolute atomic E-state index is 13.8. The molecule has 1 atom stereocenters. The monoisotopic (exact) mass is 398 g/mol. The van der Waals surface area contributed by atoms with E-state index in [1.54, 1.807) is 19.9 Å². The lowest BCUT2D eigenvalue weighted by atomic mass is 10.1. The number of aromatic nitrogens is 1. The van der Waals surface area contributed by atoms with Crippen LogP contribution in [0.4, 0.5) is 6.01 Å². The van der Waals surface area contributed by atoms with Crippen LogP contribution in [0, 0.1) is 13.8 Å². The number of phenols is 1. The number of hydrogen-bond acceptors (Lipinski definition) is 8. The van der Waals surface area contributed by atoms with Crippen molar-refractivity contribution in [3.8, 4) is 17.2 Å². The van der Waals surface area contributed by atoms with Gasteiger partial charge in [-0.2, -0.15) is 9.61 Å². The Morgan fingerprint density at radius 2 is 1.96 bits per heavy atom. The normalized spacial score (nSPS) is 13.9. The van der Waals surface area contributed by atoms with Crippen LogP contribution in [0.15, 0.2) is 22.8 Å². The van der Waals surface area contributed by atoms with Gasteiger partial charge in [0.2, 0.25) is 0 Å². The molecule has 0 radical (unpaired) electrons. The lowest BCUT2D eigenvalue weighted by Crippen LogP contribution is -2.28. The molecule has 0 saturated heterocycles. The molecule has 1 aromatic heterocycles. The van der Waals surface area contributed by atoms with Crippen LogP contribution >= 0.6 is 7.60 Å². The molecule has 2 N–H and O–H groups in total. The van der Waals surface area contributed by atoms with Crippen molar-refractivity contribution >= 4 is 13.6 Å². The molecule has 8 nitrogen and oxygen atoms in total. The molecule has 1 heterocycles. The van der Waals surface area contributed by atoms with Crippen LogP contribution in [0.2, 0.25) is 0 Å². The van der Waals surface area contributed by atoms with Gasteiger partial charge in [0.1, 0.15) is 12.0 Å². The Hall–Kier alpha value is -2.18. The number of anilines is 1. The summed E-state index contributed by atoms with van der Waals surface area (Å²) in [6, 6.07) is 3.14. The average molecular weight is 398 g/mol. The highest BCUT2D eigenvalue weighted by Gasteiger charge is 2.47. The van der Waals surface area contributed by atoms with Gasteiger partial charge in [0.05, 0.1) is 18.0 Å². The van der Waals surface area contributed by atoms with Gasteiger partial charge in [-0.3, -0.25) is 0 Å². The summed E-state index contributed by atoms with van der Waals surface area (Å²) in [5.41, 5.74) is 3.70. The van der Waals surface area contributed by atoms with E-state index in [1.807, 2.05) is 20.8 Å². The summed E-state index contributed by atoms with van der Waals surface area (Å²) in [4.78, 5) is 4.08. The van der Waals surface area contributed by atoms with E-state index < -0.39 is 12.8 Å². The van der Waals surface area contributed by atoms with E-state index in [-0.39, 0.29) is 23.3 Å². The van der Waals surface area contributed by atoms with Crippen molar-refractivity contribution in [2.45, 2.75) is 52.6 Å². The molecule has 0 aliphatic heterocycles. The lowest BCUT2D eigenvalue weighted by Gasteiger charge is -2.34. The Labute approximate surface area is 159 Å². The van der Waals surface area contributed by atoms with Crippen molar-refractivity contribution < 1.29 is 28.0 Å². The van der Waals surface area contributed by atoms with E-state index >= 15 is 0 Å². The zero-order valence-corrected chi connectivity index (χ0v) is 17.4. The average Bonchev–Trinajstić information content (AvgIpc) is 3.07. The molecule has 0 aliphatic rings. The molecule has 2 rings (SSSR count). The van der Waals surface area contributed by atoms with Crippen LogP contribution in [-0.4, -0.2) is 22.4 Å². The fourth-order valence-corrected chi connectivity index (χ4v) is 4.27. The lowest BCUT2D eigenvalue weighted by molar-refractivity contribution is 0.271. The highest BCUT2D eigenvalue weighted by Crippen LogP contribution is 2.62. The molecule has 27 heavy (non-hydrogen) atoms. The third-order valence-electron chi connectivity index (χ3n) is 4.74. The minimum atomic E-state index is -3.73. The molecule has 0 aliphatic carbocycles.